The quantitative estimate of drug-likeness (QED) is 0.739. The molecule has 0 unspecified atom stereocenters. The van der Waals surface area contributed by atoms with Crippen LogP contribution in [0.2, 0.25) is 0 Å². The van der Waals surface area contributed by atoms with Gasteiger partial charge in [-0.25, -0.2) is 4.98 Å². The van der Waals surface area contributed by atoms with E-state index in [1.165, 1.54) is 18.4 Å². The van der Waals surface area contributed by atoms with E-state index in [0.717, 1.165) is 49.8 Å². The summed E-state index contributed by atoms with van der Waals surface area (Å²) in [6.45, 7) is 3.03. The number of nitrogens with zero attached hydrogens (tertiary/aromatic N) is 5. The average Bonchev–Trinajstić information content (AvgIpc) is 3.18. The standard InChI is InChI=1S/C18H21N5O/c1-2-16(24-9-1)12-22-7-5-14(6-8-22)17-20-21-18-19-10-15(11-23(17)18)13-3-4-13/h1-2,9-11,13-14H,3-8,12H2. The second-order valence-corrected chi connectivity index (χ2v) is 7.02. The van der Waals surface area contributed by atoms with Gasteiger partial charge in [-0.3, -0.25) is 9.30 Å². The minimum Gasteiger partial charge on any atom is -0.468 e. The topological polar surface area (TPSA) is 59.5 Å². The molecule has 5 rings (SSSR count). The van der Waals surface area contributed by atoms with Crippen molar-refractivity contribution >= 4 is 5.78 Å². The summed E-state index contributed by atoms with van der Waals surface area (Å²) in [7, 11) is 0. The second-order valence-electron chi connectivity index (χ2n) is 7.02. The highest BCUT2D eigenvalue weighted by atomic mass is 16.3. The van der Waals surface area contributed by atoms with Crippen LogP contribution >= 0.6 is 0 Å². The Kier molecular flexibility index (Phi) is 3.36. The molecule has 24 heavy (non-hydrogen) atoms. The van der Waals surface area contributed by atoms with Gasteiger partial charge in [0, 0.05) is 18.3 Å². The third-order valence-corrected chi connectivity index (χ3v) is 5.27. The van der Waals surface area contributed by atoms with Gasteiger partial charge in [-0.2, -0.15) is 0 Å². The van der Waals surface area contributed by atoms with E-state index < -0.39 is 0 Å². The maximum Gasteiger partial charge on any atom is 0.254 e. The number of rotatable bonds is 4. The summed E-state index contributed by atoms with van der Waals surface area (Å²) in [6, 6.07) is 4.00. The van der Waals surface area contributed by atoms with Crippen molar-refractivity contribution in [3.8, 4) is 0 Å². The van der Waals surface area contributed by atoms with E-state index in [1.807, 2.05) is 18.3 Å². The lowest BCUT2D eigenvalue weighted by Gasteiger charge is -2.30. The van der Waals surface area contributed by atoms with Gasteiger partial charge in [-0.1, -0.05) is 0 Å². The molecule has 0 radical (unpaired) electrons. The van der Waals surface area contributed by atoms with Crippen molar-refractivity contribution in [2.45, 2.75) is 44.1 Å². The van der Waals surface area contributed by atoms with Crippen LogP contribution in [0.3, 0.4) is 0 Å². The third-order valence-electron chi connectivity index (χ3n) is 5.27. The van der Waals surface area contributed by atoms with Gasteiger partial charge in [0.1, 0.15) is 11.6 Å². The first-order chi connectivity index (χ1) is 11.9. The lowest BCUT2D eigenvalue weighted by molar-refractivity contribution is 0.188. The molecule has 2 fully saturated rings. The van der Waals surface area contributed by atoms with Gasteiger partial charge in [-0.15, -0.1) is 10.2 Å². The number of piperidine rings is 1. The number of furan rings is 1. The zero-order chi connectivity index (χ0) is 15.9. The van der Waals surface area contributed by atoms with Gasteiger partial charge in [0.05, 0.1) is 12.8 Å². The van der Waals surface area contributed by atoms with Crippen LogP contribution in [0.1, 0.15) is 54.7 Å². The smallest absolute Gasteiger partial charge is 0.254 e. The molecule has 1 saturated heterocycles. The van der Waals surface area contributed by atoms with Gasteiger partial charge >= 0.3 is 0 Å². The Bertz CT molecular complexity index is 828. The summed E-state index contributed by atoms with van der Waals surface area (Å²) >= 11 is 0. The summed E-state index contributed by atoms with van der Waals surface area (Å²) in [5.41, 5.74) is 1.33. The van der Waals surface area contributed by atoms with Crippen LogP contribution in [-0.2, 0) is 6.54 Å². The molecule has 0 bridgehead atoms. The molecule has 1 aliphatic carbocycles. The SMILES string of the molecule is c1coc(CN2CCC(c3nnc4ncc(C5CC5)cn34)CC2)c1. The molecule has 3 aromatic heterocycles. The van der Waals surface area contributed by atoms with Crippen molar-refractivity contribution in [3.63, 3.8) is 0 Å². The summed E-state index contributed by atoms with van der Waals surface area (Å²) in [4.78, 5) is 6.94. The van der Waals surface area contributed by atoms with Gasteiger partial charge in [0.2, 0.25) is 0 Å². The van der Waals surface area contributed by atoms with Gasteiger partial charge in [-0.05, 0) is 62.4 Å². The Morgan fingerprint density at radius 2 is 1.96 bits per heavy atom. The van der Waals surface area contributed by atoms with E-state index in [1.54, 1.807) is 6.26 Å². The van der Waals surface area contributed by atoms with Crippen LogP contribution in [0.25, 0.3) is 5.78 Å². The normalized spacial score (nSPS) is 20.0. The molecule has 124 valence electrons. The number of hydrogen-bond acceptors (Lipinski definition) is 5. The first-order valence-corrected chi connectivity index (χ1v) is 8.82. The molecule has 4 heterocycles. The van der Waals surface area contributed by atoms with Gasteiger partial charge < -0.3 is 4.42 Å². The Balaban J connectivity index is 1.32. The van der Waals surface area contributed by atoms with Crippen LogP contribution in [-0.4, -0.2) is 37.6 Å². The van der Waals surface area contributed by atoms with Crippen molar-refractivity contribution in [2.75, 3.05) is 13.1 Å². The monoisotopic (exact) mass is 323 g/mol. The van der Waals surface area contributed by atoms with Crippen molar-refractivity contribution in [2.24, 2.45) is 0 Å². The van der Waals surface area contributed by atoms with Crippen LogP contribution in [0.5, 0.6) is 0 Å². The molecule has 6 heteroatoms. The predicted octanol–water partition coefficient (Wildman–Crippen LogP) is 2.97. The highest BCUT2D eigenvalue weighted by molar-refractivity contribution is 5.32. The Morgan fingerprint density at radius 3 is 2.71 bits per heavy atom. The fourth-order valence-electron chi connectivity index (χ4n) is 3.70. The van der Waals surface area contributed by atoms with E-state index in [-0.39, 0.29) is 0 Å². The molecule has 3 aromatic rings. The van der Waals surface area contributed by atoms with Gasteiger partial charge in [0.15, 0.2) is 0 Å². The average molecular weight is 323 g/mol. The predicted molar refractivity (Wildman–Crippen MR) is 88.7 cm³/mol. The Hall–Kier alpha value is -2.21. The zero-order valence-corrected chi connectivity index (χ0v) is 13.6. The molecule has 0 aromatic carbocycles. The molecule has 1 saturated carbocycles. The third kappa shape index (κ3) is 2.60. The maximum atomic E-state index is 5.46. The molecule has 1 aliphatic heterocycles. The first-order valence-electron chi connectivity index (χ1n) is 8.82. The lowest BCUT2D eigenvalue weighted by atomic mass is 9.96. The fraction of sp³-hybridized carbons (Fsp3) is 0.500. The molecule has 0 atom stereocenters. The van der Waals surface area contributed by atoms with Crippen molar-refractivity contribution in [1.82, 2.24) is 24.5 Å². The van der Waals surface area contributed by atoms with Crippen molar-refractivity contribution in [3.05, 3.63) is 47.9 Å². The van der Waals surface area contributed by atoms with Crippen molar-refractivity contribution < 1.29 is 4.42 Å². The summed E-state index contributed by atoms with van der Waals surface area (Å²) in [5, 5.41) is 8.72. The number of aromatic nitrogens is 4. The minimum absolute atomic E-state index is 0.462. The lowest BCUT2D eigenvalue weighted by Crippen LogP contribution is -2.32. The fourth-order valence-corrected chi connectivity index (χ4v) is 3.70. The van der Waals surface area contributed by atoms with E-state index in [2.05, 4.69) is 30.7 Å². The van der Waals surface area contributed by atoms with Gasteiger partial charge in [0.25, 0.3) is 5.78 Å². The number of likely N-dealkylation sites (tertiary alicyclic amines) is 1. The Morgan fingerprint density at radius 1 is 1.08 bits per heavy atom. The van der Waals surface area contributed by atoms with E-state index in [0.29, 0.717) is 11.8 Å². The van der Waals surface area contributed by atoms with Crippen LogP contribution in [0.15, 0.2) is 35.2 Å². The highest BCUT2D eigenvalue weighted by Gasteiger charge is 2.27. The van der Waals surface area contributed by atoms with E-state index in [9.17, 15) is 0 Å². The zero-order valence-electron chi connectivity index (χ0n) is 13.6. The molecule has 0 spiro atoms. The number of hydrogen-bond donors (Lipinski definition) is 0. The largest absolute Gasteiger partial charge is 0.468 e. The molecule has 6 nitrogen and oxygen atoms in total. The molecular weight excluding hydrogens is 302 g/mol. The minimum atomic E-state index is 0.462. The van der Waals surface area contributed by atoms with Crippen LogP contribution in [0, 0.1) is 0 Å². The molecule has 0 amide bonds. The molecular formula is C18H21N5O. The molecule has 2 aliphatic rings. The van der Waals surface area contributed by atoms with Crippen LogP contribution < -0.4 is 0 Å². The maximum absolute atomic E-state index is 5.46. The Labute approximate surface area is 140 Å². The summed E-state index contributed by atoms with van der Waals surface area (Å²) in [5.74, 6) is 4.01. The summed E-state index contributed by atoms with van der Waals surface area (Å²) in [6.07, 6.45) is 10.7. The number of fused-ring (bicyclic) bond motifs is 1. The van der Waals surface area contributed by atoms with Crippen LogP contribution in [0.4, 0.5) is 0 Å². The first kappa shape index (κ1) is 14.2. The second kappa shape index (κ2) is 5.70. The van der Waals surface area contributed by atoms with E-state index >= 15 is 0 Å². The highest BCUT2D eigenvalue weighted by Crippen LogP contribution is 2.39. The van der Waals surface area contributed by atoms with E-state index in [4.69, 9.17) is 4.42 Å². The van der Waals surface area contributed by atoms with Crippen molar-refractivity contribution in [1.29, 1.82) is 0 Å². The molecule has 0 N–H and O–H groups in total. The summed E-state index contributed by atoms with van der Waals surface area (Å²) < 4.78 is 7.58.